The van der Waals surface area contributed by atoms with Crippen molar-refractivity contribution in [2.45, 2.75) is 39.2 Å². The van der Waals surface area contributed by atoms with E-state index in [0.29, 0.717) is 0 Å². The maximum Gasteiger partial charge on any atom is 0.0572 e. The van der Waals surface area contributed by atoms with Crippen LogP contribution in [0.4, 0.5) is 0 Å². The smallest absolute Gasteiger partial charge is 0.0572 e. The lowest BCUT2D eigenvalue weighted by Crippen LogP contribution is -2.00. The maximum absolute atomic E-state index is 9.03. The molecule has 1 unspecified atom stereocenters. The van der Waals surface area contributed by atoms with E-state index in [1.54, 1.807) is 0 Å². The summed E-state index contributed by atoms with van der Waals surface area (Å²) in [4.78, 5) is 0. The monoisotopic (exact) mass is 128 g/mol. The molecule has 0 amide bonds. The van der Waals surface area contributed by atoms with Crippen LogP contribution < -0.4 is 0 Å². The fourth-order valence-electron chi connectivity index (χ4n) is 0.587. The second kappa shape index (κ2) is 5.83. The van der Waals surface area contributed by atoms with Crippen LogP contribution in [0.15, 0.2) is 12.2 Å². The summed E-state index contributed by atoms with van der Waals surface area (Å²) in [5.74, 6) is 0. The third-order valence-electron chi connectivity index (χ3n) is 1.28. The molecule has 0 spiro atoms. The van der Waals surface area contributed by atoms with Gasteiger partial charge in [-0.05, 0) is 19.3 Å². The lowest BCUT2D eigenvalue weighted by molar-refractivity contribution is 0.173. The van der Waals surface area contributed by atoms with Gasteiger partial charge >= 0.3 is 0 Å². The average Bonchev–Trinajstić information content (AvgIpc) is 1.89. The van der Waals surface area contributed by atoms with Crippen LogP contribution in [-0.2, 0) is 0 Å². The Bertz CT molecular complexity index is 76.6. The molecule has 0 saturated carbocycles. The highest BCUT2D eigenvalue weighted by Gasteiger charge is 1.93. The van der Waals surface area contributed by atoms with Gasteiger partial charge in [-0.1, -0.05) is 26.0 Å². The molecule has 0 aromatic carbocycles. The molecule has 1 heteroatoms. The van der Waals surface area contributed by atoms with E-state index >= 15 is 0 Å². The van der Waals surface area contributed by atoms with E-state index in [1.807, 2.05) is 13.0 Å². The standard InChI is InChI=1S/C8H16O/c1-3-5-6-7-8(9)4-2/h5-6,8-9H,3-4,7H2,1-2H3. The average molecular weight is 128 g/mol. The van der Waals surface area contributed by atoms with E-state index in [9.17, 15) is 0 Å². The Balaban J connectivity index is 3.15. The molecule has 0 heterocycles. The zero-order chi connectivity index (χ0) is 7.11. The fourth-order valence-corrected chi connectivity index (χ4v) is 0.587. The Morgan fingerprint density at radius 2 is 2.00 bits per heavy atom. The van der Waals surface area contributed by atoms with E-state index < -0.39 is 0 Å². The molecule has 1 atom stereocenters. The van der Waals surface area contributed by atoms with Gasteiger partial charge in [0.2, 0.25) is 0 Å². The van der Waals surface area contributed by atoms with Gasteiger partial charge in [-0.2, -0.15) is 0 Å². The molecule has 0 saturated heterocycles. The first kappa shape index (κ1) is 8.70. The molecule has 0 fully saturated rings. The van der Waals surface area contributed by atoms with Gasteiger partial charge in [-0.25, -0.2) is 0 Å². The summed E-state index contributed by atoms with van der Waals surface area (Å²) in [7, 11) is 0. The minimum atomic E-state index is -0.132. The van der Waals surface area contributed by atoms with Crippen LogP contribution in [-0.4, -0.2) is 11.2 Å². The van der Waals surface area contributed by atoms with Crippen LogP contribution in [0.5, 0.6) is 0 Å². The van der Waals surface area contributed by atoms with Gasteiger partial charge in [0.15, 0.2) is 0 Å². The largest absolute Gasteiger partial charge is 0.393 e. The molecule has 0 radical (unpaired) electrons. The molecular formula is C8H16O. The molecule has 0 aromatic heterocycles. The number of allylic oxidation sites excluding steroid dienone is 1. The van der Waals surface area contributed by atoms with Crippen LogP contribution >= 0.6 is 0 Å². The molecule has 0 aromatic rings. The van der Waals surface area contributed by atoms with Crippen molar-refractivity contribution in [1.29, 1.82) is 0 Å². The second-order valence-corrected chi connectivity index (χ2v) is 2.18. The number of hydrogen-bond donors (Lipinski definition) is 1. The number of aliphatic hydroxyl groups is 1. The van der Waals surface area contributed by atoms with Crippen LogP contribution in [0.1, 0.15) is 33.1 Å². The highest BCUT2D eigenvalue weighted by atomic mass is 16.3. The lowest BCUT2D eigenvalue weighted by Gasteiger charge is -2.00. The van der Waals surface area contributed by atoms with Crippen molar-refractivity contribution < 1.29 is 5.11 Å². The predicted molar refractivity (Wildman–Crippen MR) is 40.3 cm³/mol. The van der Waals surface area contributed by atoms with Crippen molar-refractivity contribution in [3.05, 3.63) is 12.2 Å². The normalized spacial score (nSPS) is 14.6. The number of hydrogen-bond acceptors (Lipinski definition) is 1. The van der Waals surface area contributed by atoms with E-state index in [1.165, 1.54) is 0 Å². The molecule has 54 valence electrons. The Hall–Kier alpha value is -0.300. The van der Waals surface area contributed by atoms with E-state index in [4.69, 9.17) is 5.11 Å². The van der Waals surface area contributed by atoms with Crippen molar-refractivity contribution >= 4 is 0 Å². The molecule has 0 aliphatic heterocycles. The Morgan fingerprint density at radius 3 is 2.44 bits per heavy atom. The van der Waals surface area contributed by atoms with Gasteiger partial charge in [0.1, 0.15) is 0 Å². The Morgan fingerprint density at radius 1 is 1.33 bits per heavy atom. The molecular weight excluding hydrogens is 112 g/mol. The predicted octanol–water partition coefficient (Wildman–Crippen LogP) is 2.11. The second-order valence-electron chi connectivity index (χ2n) is 2.18. The molecule has 0 aliphatic carbocycles. The summed E-state index contributed by atoms with van der Waals surface area (Å²) in [6.07, 6.45) is 6.72. The van der Waals surface area contributed by atoms with Gasteiger partial charge in [0, 0.05) is 0 Å². The van der Waals surface area contributed by atoms with E-state index in [2.05, 4.69) is 13.0 Å². The third kappa shape index (κ3) is 5.57. The summed E-state index contributed by atoms with van der Waals surface area (Å²) in [6.45, 7) is 4.08. The highest BCUT2D eigenvalue weighted by Crippen LogP contribution is 1.97. The van der Waals surface area contributed by atoms with Crippen LogP contribution in [0.3, 0.4) is 0 Å². The first-order chi connectivity index (χ1) is 4.31. The van der Waals surface area contributed by atoms with E-state index in [-0.39, 0.29) is 6.10 Å². The van der Waals surface area contributed by atoms with E-state index in [0.717, 1.165) is 19.3 Å². The van der Waals surface area contributed by atoms with Crippen molar-refractivity contribution in [3.63, 3.8) is 0 Å². The molecule has 1 nitrogen and oxygen atoms in total. The first-order valence-corrected chi connectivity index (χ1v) is 3.64. The SMILES string of the molecule is CCC=CCC(O)CC. The van der Waals surface area contributed by atoms with Crippen LogP contribution in [0.2, 0.25) is 0 Å². The zero-order valence-corrected chi connectivity index (χ0v) is 6.30. The van der Waals surface area contributed by atoms with Gasteiger partial charge in [-0.15, -0.1) is 0 Å². The third-order valence-corrected chi connectivity index (χ3v) is 1.28. The summed E-state index contributed by atoms with van der Waals surface area (Å²) < 4.78 is 0. The molecule has 0 aliphatic rings. The number of rotatable bonds is 4. The van der Waals surface area contributed by atoms with Gasteiger partial charge in [0.25, 0.3) is 0 Å². The number of aliphatic hydroxyl groups excluding tert-OH is 1. The minimum Gasteiger partial charge on any atom is -0.393 e. The summed E-state index contributed by atoms with van der Waals surface area (Å²) in [5.41, 5.74) is 0. The fraction of sp³-hybridized carbons (Fsp3) is 0.750. The molecule has 0 rings (SSSR count). The first-order valence-electron chi connectivity index (χ1n) is 3.64. The van der Waals surface area contributed by atoms with Gasteiger partial charge < -0.3 is 5.11 Å². The van der Waals surface area contributed by atoms with Crippen molar-refractivity contribution in [2.75, 3.05) is 0 Å². The molecule has 1 N–H and O–H groups in total. The summed E-state index contributed by atoms with van der Waals surface area (Å²) >= 11 is 0. The minimum absolute atomic E-state index is 0.132. The van der Waals surface area contributed by atoms with Crippen molar-refractivity contribution in [2.24, 2.45) is 0 Å². The quantitative estimate of drug-likeness (QED) is 0.575. The summed E-state index contributed by atoms with van der Waals surface area (Å²) in [5, 5.41) is 9.03. The van der Waals surface area contributed by atoms with Crippen molar-refractivity contribution in [1.82, 2.24) is 0 Å². The van der Waals surface area contributed by atoms with Crippen LogP contribution in [0.25, 0.3) is 0 Å². The highest BCUT2D eigenvalue weighted by molar-refractivity contribution is 4.82. The molecule has 9 heavy (non-hydrogen) atoms. The van der Waals surface area contributed by atoms with Gasteiger partial charge in [0.05, 0.1) is 6.10 Å². The lowest BCUT2D eigenvalue weighted by atomic mass is 10.2. The van der Waals surface area contributed by atoms with Crippen LogP contribution in [0, 0.1) is 0 Å². The van der Waals surface area contributed by atoms with Crippen molar-refractivity contribution in [3.8, 4) is 0 Å². The maximum atomic E-state index is 9.03. The van der Waals surface area contributed by atoms with Gasteiger partial charge in [-0.3, -0.25) is 0 Å². The Kier molecular flexibility index (Phi) is 5.64. The summed E-state index contributed by atoms with van der Waals surface area (Å²) in [6, 6.07) is 0. The topological polar surface area (TPSA) is 20.2 Å². The zero-order valence-electron chi connectivity index (χ0n) is 6.30. The molecule has 0 bridgehead atoms. The Labute approximate surface area is 57.4 Å².